The molecule has 1 aliphatic heterocycles. The first kappa shape index (κ1) is 24.4. The van der Waals surface area contributed by atoms with Gasteiger partial charge in [-0.15, -0.1) is 0 Å². The van der Waals surface area contributed by atoms with Gasteiger partial charge in [0, 0.05) is 27.2 Å². The van der Waals surface area contributed by atoms with Crippen molar-refractivity contribution >= 4 is 15.5 Å². The lowest BCUT2D eigenvalue weighted by molar-refractivity contribution is 0.352. The predicted octanol–water partition coefficient (Wildman–Crippen LogP) is 4.82. The molecular weight excluding hydrogens is 454 g/mol. The molecule has 0 saturated heterocycles. The number of likely N-dealkylation sites (N-methyl/N-ethyl adjacent to an activating group) is 1. The molecule has 3 aromatic carbocycles. The molecule has 4 rings (SSSR count). The van der Waals surface area contributed by atoms with Gasteiger partial charge in [-0.1, -0.05) is 18.2 Å². The molecule has 1 heterocycles. The maximum atomic E-state index is 13.7. The highest BCUT2D eigenvalue weighted by atomic mass is 32.2. The smallest absolute Gasteiger partial charge is 0.208 e. The molecule has 180 valence electrons. The predicted molar refractivity (Wildman–Crippen MR) is 132 cm³/mol. The summed E-state index contributed by atoms with van der Waals surface area (Å²) in [6.45, 7) is 1.12. The normalized spacial score (nSPS) is 14.5. The molecule has 0 aromatic heterocycles. The Balaban J connectivity index is 1.66. The van der Waals surface area contributed by atoms with Crippen LogP contribution in [-0.2, 0) is 35.8 Å². The molecule has 3 aromatic rings. The summed E-state index contributed by atoms with van der Waals surface area (Å²) in [5.41, 5.74) is 4.73. The van der Waals surface area contributed by atoms with E-state index in [0.717, 1.165) is 37.1 Å². The zero-order valence-corrected chi connectivity index (χ0v) is 20.6. The van der Waals surface area contributed by atoms with E-state index in [-0.39, 0.29) is 4.90 Å². The quantitative estimate of drug-likeness (QED) is 0.503. The minimum Gasteiger partial charge on any atom is -0.377 e. The Kier molecular flexibility index (Phi) is 7.05. The molecule has 0 amide bonds. The van der Waals surface area contributed by atoms with Gasteiger partial charge >= 0.3 is 0 Å². The van der Waals surface area contributed by atoms with E-state index in [2.05, 4.69) is 11.9 Å². The van der Waals surface area contributed by atoms with Crippen molar-refractivity contribution in [1.29, 1.82) is 0 Å². The number of sulfone groups is 1. The summed E-state index contributed by atoms with van der Waals surface area (Å²) in [5.74, 6) is -0.477. The SMILES string of the molecule is CN1CCc2cc(N(C)C)c(S(=O)(=O)c3ccc(Cc4cc(F)cc(CF)c4)cc3)cc2CC1. The Labute approximate surface area is 200 Å². The Morgan fingerprint density at radius 1 is 0.882 bits per heavy atom. The topological polar surface area (TPSA) is 40.6 Å². The van der Waals surface area contributed by atoms with Gasteiger partial charge in [0.1, 0.15) is 12.5 Å². The molecule has 4 nitrogen and oxygen atoms in total. The van der Waals surface area contributed by atoms with Gasteiger partial charge in [-0.2, -0.15) is 0 Å². The van der Waals surface area contributed by atoms with Crippen molar-refractivity contribution in [1.82, 2.24) is 4.90 Å². The largest absolute Gasteiger partial charge is 0.377 e. The van der Waals surface area contributed by atoms with Gasteiger partial charge in [-0.25, -0.2) is 17.2 Å². The van der Waals surface area contributed by atoms with E-state index >= 15 is 0 Å². The highest BCUT2D eigenvalue weighted by Gasteiger charge is 2.25. The Morgan fingerprint density at radius 3 is 2.12 bits per heavy atom. The monoisotopic (exact) mass is 484 g/mol. The third-order valence-electron chi connectivity index (χ3n) is 6.39. The van der Waals surface area contributed by atoms with Gasteiger partial charge in [-0.05, 0) is 90.5 Å². The number of nitrogens with zero attached hydrogens (tertiary/aromatic N) is 2. The van der Waals surface area contributed by atoms with Gasteiger partial charge < -0.3 is 9.80 Å². The Morgan fingerprint density at radius 2 is 1.50 bits per heavy atom. The molecule has 0 N–H and O–H groups in total. The molecule has 7 heteroatoms. The zero-order valence-electron chi connectivity index (χ0n) is 19.8. The van der Waals surface area contributed by atoms with Gasteiger partial charge in [-0.3, -0.25) is 0 Å². The van der Waals surface area contributed by atoms with E-state index in [4.69, 9.17) is 0 Å². The standard InChI is InChI=1S/C27H30F2N2O2S/c1-30(2)26-16-22-8-10-31(3)11-9-23(22)17-27(26)34(32,33)25-6-4-19(5-7-25)12-20-13-21(18-28)15-24(29)14-20/h4-7,13-17H,8-12,18H2,1-3H3. The van der Waals surface area contributed by atoms with E-state index < -0.39 is 22.3 Å². The van der Waals surface area contributed by atoms with Crippen LogP contribution in [0.1, 0.15) is 27.8 Å². The maximum Gasteiger partial charge on any atom is 0.208 e. The van der Waals surface area contributed by atoms with Crippen molar-refractivity contribution < 1.29 is 17.2 Å². The van der Waals surface area contributed by atoms with Crippen molar-refractivity contribution in [3.63, 3.8) is 0 Å². The highest BCUT2D eigenvalue weighted by molar-refractivity contribution is 7.91. The summed E-state index contributed by atoms with van der Waals surface area (Å²) in [5, 5.41) is 0. The molecule has 0 radical (unpaired) electrons. The second-order valence-electron chi connectivity index (χ2n) is 9.21. The number of hydrogen-bond acceptors (Lipinski definition) is 4. The number of fused-ring (bicyclic) bond motifs is 1. The van der Waals surface area contributed by atoms with Crippen LogP contribution >= 0.6 is 0 Å². The van der Waals surface area contributed by atoms with Crippen molar-refractivity contribution in [3.8, 4) is 0 Å². The van der Waals surface area contributed by atoms with E-state index in [1.165, 1.54) is 17.7 Å². The van der Waals surface area contributed by atoms with Gasteiger partial charge in [0.15, 0.2) is 0 Å². The molecule has 0 saturated carbocycles. The van der Waals surface area contributed by atoms with Crippen LogP contribution in [-0.4, -0.2) is 47.6 Å². The Hall–Kier alpha value is -2.77. The minimum absolute atomic E-state index is 0.216. The number of benzene rings is 3. The van der Waals surface area contributed by atoms with Crippen LogP contribution < -0.4 is 4.90 Å². The van der Waals surface area contributed by atoms with Crippen LogP contribution in [0, 0.1) is 5.82 Å². The number of anilines is 1. The minimum atomic E-state index is -3.75. The van der Waals surface area contributed by atoms with Crippen LogP contribution in [0.25, 0.3) is 0 Å². The third-order valence-corrected chi connectivity index (χ3v) is 8.19. The summed E-state index contributed by atoms with van der Waals surface area (Å²) < 4.78 is 54.0. The lowest BCUT2D eigenvalue weighted by atomic mass is 10.0. The molecule has 0 atom stereocenters. The fraction of sp³-hybridized carbons (Fsp3) is 0.333. The molecular formula is C27H30F2N2O2S. The average Bonchev–Trinajstić information content (AvgIpc) is 2.99. The van der Waals surface area contributed by atoms with Gasteiger partial charge in [0.05, 0.1) is 15.5 Å². The lowest BCUT2D eigenvalue weighted by Crippen LogP contribution is -2.20. The first-order valence-corrected chi connectivity index (χ1v) is 12.9. The molecule has 34 heavy (non-hydrogen) atoms. The fourth-order valence-electron chi connectivity index (χ4n) is 4.46. The molecule has 0 fully saturated rings. The molecule has 0 unspecified atom stereocenters. The Bertz CT molecular complexity index is 1290. The van der Waals surface area contributed by atoms with Crippen LogP contribution in [0.5, 0.6) is 0 Å². The highest BCUT2D eigenvalue weighted by Crippen LogP contribution is 2.34. The van der Waals surface area contributed by atoms with Gasteiger partial charge in [0.25, 0.3) is 0 Å². The maximum absolute atomic E-state index is 13.7. The van der Waals surface area contributed by atoms with Crippen LogP contribution in [0.2, 0.25) is 0 Å². The first-order chi connectivity index (χ1) is 16.2. The van der Waals surface area contributed by atoms with E-state index in [1.807, 2.05) is 31.1 Å². The van der Waals surface area contributed by atoms with Crippen LogP contribution in [0.3, 0.4) is 0 Å². The second kappa shape index (κ2) is 9.84. The van der Waals surface area contributed by atoms with Gasteiger partial charge in [0.2, 0.25) is 9.84 Å². The van der Waals surface area contributed by atoms with E-state index in [0.29, 0.717) is 28.1 Å². The fourth-order valence-corrected chi connectivity index (χ4v) is 6.03. The average molecular weight is 485 g/mol. The van der Waals surface area contributed by atoms with E-state index in [1.54, 1.807) is 30.3 Å². The summed E-state index contributed by atoms with van der Waals surface area (Å²) >= 11 is 0. The number of halogens is 2. The zero-order chi connectivity index (χ0) is 24.5. The van der Waals surface area contributed by atoms with Crippen molar-refractivity contribution in [2.24, 2.45) is 0 Å². The molecule has 1 aliphatic rings. The summed E-state index contributed by atoms with van der Waals surface area (Å²) in [6.07, 6.45) is 2.10. The van der Waals surface area contributed by atoms with Crippen molar-refractivity contribution in [3.05, 3.63) is 88.2 Å². The van der Waals surface area contributed by atoms with Crippen molar-refractivity contribution in [2.75, 3.05) is 39.1 Å². The first-order valence-electron chi connectivity index (χ1n) is 11.4. The molecule has 0 aliphatic carbocycles. The lowest BCUT2D eigenvalue weighted by Gasteiger charge is -2.21. The van der Waals surface area contributed by atoms with Crippen molar-refractivity contribution in [2.45, 2.75) is 35.7 Å². The molecule has 0 spiro atoms. The second-order valence-corrected chi connectivity index (χ2v) is 11.1. The number of rotatable bonds is 6. The summed E-state index contributed by atoms with van der Waals surface area (Å²) in [6, 6.07) is 14.7. The summed E-state index contributed by atoms with van der Waals surface area (Å²) in [7, 11) is 2.06. The molecule has 0 bridgehead atoms. The number of hydrogen-bond donors (Lipinski definition) is 0. The third kappa shape index (κ3) is 5.15. The van der Waals surface area contributed by atoms with Crippen LogP contribution in [0.4, 0.5) is 14.5 Å². The van der Waals surface area contributed by atoms with E-state index in [9.17, 15) is 17.2 Å². The summed E-state index contributed by atoms with van der Waals surface area (Å²) in [4.78, 5) is 4.64. The number of alkyl halides is 1. The van der Waals surface area contributed by atoms with Crippen LogP contribution in [0.15, 0.2) is 64.4 Å².